The minimum Gasteiger partial charge on any atom is -0.323 e. The lowest BCUT2D eigenvalue weighted by atomic mass is 9.96. The van der Waals surface area contributed by atoms with E-state index in [9.17, 15) is 4.79 Å². The van der Waals surface area contributed by atoms with E-state index in [0.717, 1.165) is 6.42 Å². The molecule has 0 fully saturated rings. The van der Waals surface area contributed by atoms with E-state index in [-0.39, 0.29) is 30.7 Å². The predicted octanol–water partition coefficient (Wildman–Crippen LogP) is 1.96. The van der Waals surface area contributed by atoms with Crippen molar-refractivity contribution in [2.75, 3.05) is 5.32 Å². The van der Waals surface area contributed by atoms with Crippen molar-refractivity contribution < 1.29 is 4.79 Å². The van der Waals surface area contributed by atoms with Crippen LogP contribution >= 0.6 is 24.8 Å². The van der Waals surface area contributed by atoms with Crippen molar-refractivity contribution in [3.05, 3.63) is 31.0 Å². The number of anilines is 1. The molecule has 0 bridgehead atoms. The molecule has 0 saturated heterocycles. The first kappa shape index (κ1) is 20.3. The molecule has 2 heterocycles. The molecule has 2 aromatic rings. The SMILES string of the molecule is CCCC(C)(N)C(=O)Nc1ccc(-n2cncn2)nc1.Cl.Cl. The first-order valence-corrected chi connectivity index (χ1v) is 6.44. The molecular weight excluding hydrogens is 327 g/mol. The van der Waals surface area contributed by atoms with Gasteiger partial charge in [-0.3, -0.25) is 4.79 Å². The maximum atomic E-state index is 12.0. The number of nitrogens with one attached hydrogen (secondary N) is 1. The molecular formula is C13H20Cl2N6O. The van der Waals surface area contributed by atoms with Crippen molar-refractivity contribution >= 4 is 36.4 Å². The van der Waals surface area contributed by atoms with Crippen LogP contribution in [0.3, 0.4) is 0 Å². The van der Waals surface area contributed by atoms with Gasteiger partial charge in [-0.2, -0.15) is 5.10 Å². The van der Waals surface area contributed by atoms with Gasteiger partial charge in [-0.15, -0.1) is 24.8 Å². The highest BCUT2D eigenvalue weighted by atomic mass is 35.5. The van der Waals surface area contributed by atoms with E-state index in [1.54, 1.807) is 31.6 Å². The first-order valence-electron chi connectivity index (χ1n) is 6.44. The van der Waals surface area contributed by atoms with Crippen molar-refractivity contribution in [3.8, 4) is 5.82 Å². The smallest absolute Gasteiger partial charge is 0.244 e. The van der Waals surface area contributed by atoms with Gasteiger partial charge in [0.25, 0.3) is 0 Å². The van der Waals surface area contributed by atoms with E-state index >= 15 is 0 Å². The Hall–Kier alpha value is -1.70. The van der Waals surface area contributed by atoms with Gasteiger partial charge >= 0.3 is 0 Å². The number of aromatic nitrogens is 4. The lowest BCUT2D eigenvalue weighted by molar-refractivity contribution is -0.120. The Morgan fingerprint density at radius 3 is 2.64 bits per heavy atom. The van der Waals surface area contributed by atoms with Crippen LogP contribution in [0.1, 0.15) is 26.7 Å². The number of hydrogen-bond acceptors (Lipinski definition) is 5. The zero-order valence-corrected chi connectivity index (χ0v) is 14.0. The third kappa shape index (κ3) is 4.94. The van der Waals surface area contributed by atoms with Crippen LogP contribution in [-0.4, -0.2) is 31.2 Å². The fourth-order valence-corrected chi connectivity index (χ4v) is 1.83. The van der Waals surface area contributed by atoms with E-state index in [1.165, 1.54) is 11.0 Å². The van der Waals surface area contributed by atoms with Crippen LogP contribution < -0.4 is 11.1 Å². The van der Waals surface area contributed by atoms with Gasteiger partial charge in [-0.05, 0) is 25.5 Å². The van der Waals surface area contributed by atoms with Crippen LogP contribution in [0.5, 0.6) is 0 Å². The topological polar surface area (TPSA) is 98.7 Å². The zero-order valence-electron chi connectivity index (χ0n) is 12.4. The molecule has 0 aliphatic heterocycles. The molecule has 0 aliphatic carbocycles. The summed E-state index contributed by atoms with van der Waals surface area (Å²) in [5.41, 5.74) is 5.70. The monoisotopic (exact) mass is 346 g/mol. The van der Waals surface area contributed by atoms with E-state index in [0.29, 0.717) is 17.9 Å². The van der Waals surface area contributed by atoms with Crippen LogP contribution in [-0.2, 0) is 4.79 Å². The molecule has 2 rings (SSSR count). The quantitative estimate of drug-likeness (QED) is 0.861. The van der Waals surface area contributed by atoms with Gasteiger partial charge in [0.05, 0.1) is 17.4 Å². The van der Waals surface area contributed by atoms with Crippen molar-refractivity contribution in [3.63, 3.8) is 0 Å². The molecule has 1 amide bonds. The summed E-state index contributed by atoms with van der Waals surface area (Å²) in [4.78, 5) is 20.1. The third-order valence-electron chi connectivity index (χ3n) is 2.95. The van der Waals surface area contributed by atoms with Gasteiger partial charge in [-0.1, -0.05) is 13.3 Å². The molecule has 0 spiro atoms. The highest BCUT2D eigenvalue weighted by Gasteiger charge is 2.27. The molecule has 0 radical (unpaired) electrons. The Balaban J connectivity index is 0.00000220. The van der Waals surface area contributed by atoms with Crippen LogP contribution in [0.15, 0.2) is 31.0 Å². The lowest BCUT2D eigenvalue weighted by Crippen LogP contribution is -2.48. The number of rotatable bonds is 5. The summed E-state index contributed by atoms with van der Waals surface area (Å²) in [6.45, 7) is 3.72. The largest absolute Gasteiger partial charge is 0.323 e. The maximum Gasteiger partial charge on any atom is 0.244 e. The number of carbonyl (C=O) groups excluding carboxylic acids is 1. The number of carbonyl (C=O) groups is 1. The highest BCUT2D eigenvalue weighted by Crippen LogP contribution is 2.14. The van der Waals surface area contributed by atoms with E-state index in [1.807, 2.05) is 6.92 Å². The fraction of sp³-hybridized carbons (Fsp3) is 0.385. The predicted molar refractivity (Wildman–Crippen MR) is 89.8 cm³/mol. The fourth-order valence-electron chi connectivity index (χ4n) is 1.83. The Bertz CT molecular complexity index is 571. The van der Waals surface area contributed by atoms with Crippen LogP contribution in [0.2, 0.25) is 0 Å². The van der Waals surface area contributed by atoms with Crippen LogP contribution in [0.4, 0.5) is 5.69 Å². The number of nitrogens with zero attached hydrogens (tertiary/aromatic N) is 4. The van der Waals surface area contributed by atoms with E-state index in [2.05, 4.69) is 20.4 Å². The van der Waals surface area contributed by atoms with E-state index in [4.69, 9.17) is 5.73 Å². The number of pyridine rings is 1. The highest BCUT2D eigenvalue weighted by molar-refractivity contribution is 5.97. The van der Waals surface area contributed by atoms with Gasteiger partial charge < -0.3 is 11.1 Å². The standard InChI is InChI=1S/C13H18N6O.2ClH/c1-3-6-13(2,14)12(20)18-10-4-5-11(16-7-10)19-9-15-8-17-19;;/h4-5,7-9H,3,6,14H2,1-2H3,(H,18,20);2*1H. The van der Waals surface area contributed by atoms with Crippen molar-refractivity contribution in [2.45, 2.75) is 32.2 Å². The first-order chi connectivity index (χ1) is 9.53. The molecule has 7 nitrogen and oxygen atoms in total. The molecule has 122 valence electrons. The van der Waals surface area contributed by atoms with Gasteiger partial charge in [0, 0.05) is 0 Å². The molecule has 0 aromatic carbocycles. The van der Waals surface area contributed by atoms with Crippen molar-refractivity contribution in [1.82, 2.24) is 19.7 Å². The van der Waals surface area contributed by atoms with Gasteiger partial charge in [0.2, 0.25) is 5.91 Å². The summed E-state index contributed by atoms with van der Waals surface area (Å²) < 4.78 is 1.54. The molecule has 2 aromatic heterocycles. The second kappa shape index (κ2) is 8.67. The normalized spacial score (nSPS) is 12.5. The van der Waals surface area contributed by atoms with Gasteiger partial charge in [0.1, 0.15) is 12.7 Å². The summed E-state index contributed by atoms with van der Waals surface area (Å²) in [7, 11) is 0. The Morgan fingerprint density at radius 1 is 1.41 bits per heavy atom. The van der Waals surface area contributed by atoms with Crippen molar-refractivity contribution in [1.29, 1.82) is 0 Å². The zero-order chi connectivity index (χ0) is 14.6. The summed E-state index contributed by atoms with van der Waals surface area (Å²) in [5.74, 6) is 0.416. The lowest BCUT2D eigenvalue weighted by Gasteiger charge is -2.22. The van der Waals surface area contributed by atoms with Crippen LogP contribution in [0, 0.1) is 0 Å². The molecule has 1 unspecified atom stereocenters. The molecule has 9 heteroatoms. The van der Waals surface area contributed by atoms with E-state index < -0.39 is 5.54 Å². The van der Waals surface area contributed by atoms with Crippen LogP contribution in [0.25, 0.3) is 5.82 Å². The Kier molecular flexibility index (Phi) is 8.00. The molecule has 0 aliphatic rings. The molecule has 22 heavy (non-hydrogen) atoms. The minimum atomic E-state index is -0.876. The number of hydrogen-bond donors (Lipinski definition) is 2. The summed E-state index contributed by atoms with van der Waals surface area (Å²) in [5, 5.41) is 6.74. The third-order valence-corrected chi connectivity index (χ3v) is 2.95. The van der Waals surface area contributed by atoms with Crippen molar-refractivity contribution in [2.24, 2.45) is 5.73 Å². The Labute approximate surface area is 141 Å². The minimum absolute atomic E-state index is 0. The average molecular weight is 347 g/mol. The van der Waals surface area contributed by atoms with Gasteiger partial charge in [0.15, 0.2) is 5.82 Å². The molecule has 3 N–H and O–H groups in total. The average Bonchev–Trinajstić information content (AvgIpc) is 2.93. The number of amides is 1. The Morgan fingerprint density at radius 2 is 2.14 bits per heavy atom. The number of halogens is 2. The number of nitrogens with two attached hydrogens (primary N) is 1. The summed E-state index contributed by atoms with van der Waals surface area (Å²) in [6.07, 6.45) is 6.03. The maximum absolute atomic E-state index is 12.0. The molecule has 0 saturated carbocycles. The second-order valence-electron chi connectivity index (χ2n) is 4.87. The summed E-state index contributed by atoms with van der Waals surface area (Å²) in [6, 6.07) is 3.50. The van der Waals surface area contributed by atoms with Gasteiger partial charge in [-0.25, -0.2) is 14.6 Å². The summed E-state index contributed by atoms with van der Waals surface area (Å²) >= 11 is 0. The second-order valence-corrected chi connectivity index (χ2v) is 4.87. The molecule has 1 atom stereocenters.